The van der Waals surface area contributed by atoms with E-state index in [2.05, 4.69) is 15.9 Å². The number of carbonyl (C=O) groups is 1. The summed E-state index contributed by atoms with van der Waals surface area (Å²) in [5, 5.41) is 0. The van der Waals surface area contributed by atoms with E-state index in [4.69, 9.17) is 9.47 Å². The monoisotopic (exact) mass is 382 g/mol. The largest absolute Gasteiger partial charge is 0.493 e. The van der Waals surface area contributed by atoms with Crippen molar-refractivity contribution in [2.24, 2.45) is 0 Å². The van der Waals surface area contributed by atoms with Crippen LogP contribution in [0.2, 0.25) is 0 Å². The van der Waals surface area contributed by atoms with Crippen LogP contribution in [0.1, 0.15) is 15.9 Å². The molecule has 2 aromatic carbocycles. The van der Waals surface area contributed by atoms with Crippen LogP contribution in [0.25, 0.3) is 6.08 Å². The van der Waals surface area contributed by atoms with Gasteiger partial charge in [-0.2, -0.15) is 0 Å². The van der Waals surface area contributed by atoms with Crippen LogP contribution >= 0.6 is 15.9 Å². The Morgan fingerprint density at radius 3 is 2.39 bits per heavy atom. The van der Waals surface area contributed by atoms with Gasteiger partial charge >= 0.3 is 0 Å². The van der Waals surface area contributed by atoms with E-state index in [1.807, 2.05) is 0 Å². The highest BCUT2D eigenvalue weighted by Gasteiger charge is 2.11. The first-order valence-corrected chi connectivity index (χ1v) is 7.34. The molecule has 0 saturated heterocycles. The minimum Gasteiger partial charge on any atom is -0.493 e. The number of ketones is 1. The van der Waals surface area contributed by atoms with Gasteiger partial charge in [0.25, 0.3) is 0 Å². The van der Waals surface area contributed by atoms with E-state index in [1.165, 1.54) is 26.4 Å². The first-order valence-electron chi connectivity index (χ1n) is 6.55. The SMILES string of the molecule is COc1cc(Br)c(/C=C/C(=O)c2cc(F)ccc2F)cc1OC. The van der Waals surface area contributed by atoms with E-state index < -0.39 is 17.4 Å². The third-order valence-corrected chi connectivity index (χ3v) is 3.80. The van der Waals surface area contributed by atoms with Gasteiger partial charge in [0.15, 0.2) is 17.3 Å². The molecule has 0 fully saturated rings. The maximum Gasteiger partial charge on any atom is 0.188 e. The van der Waals surface area contributed by atoms with Gasteiger partial charge in [0.2, 0.25) is 0 Å². The van der Waals surface area contributed by atoms with Crippen LogP contribution < -0.4 is 9.47 Å². The molecule has 0 amide bonds. The van der Waals surface area contributed by atoms with E-state index in [0.29, 0.717) is 21.5 Å². The van der Waals surface area contributed by atoms with Crippen molar-refractivity contribution in [1.82, 2.24) is 0 Å². The van der Waals surface area contributed by atoms with Crippen molar-refractivity contribution in [1.29, 1.82) is 0 Å². The summed E-state index contributed by atoms with van der Waals surface area (Å²) in [6.07, 6.45) is 2.66. The highest BCUT2D eigenvalue weighted by molar-refractivity contribution is 9.10. The van der Waals surface area contributed by atoms with Crippen molar-refractivity contribution in [3.8, 4) is 11.5 Å². The van der Waals surface area contributed by atoms with Crippen molar-refractivity contribution < 1.29 is 23.0 Å². The van der Waals surface area contributed by atoms with Gasteiger partial charge in [-0.1, -0.05) is 15.9 Å². The Kier molecular flexibility index (Phi) is 5.50. The quantitative estimate of drug-likeness (QED) is 0.558. The second-order valence-electron chi connectivity index (χ2n) is 4.55. The van der Waals surface area contributed by atoms with Gasteiger partial charge in [-0.25, -0.2) is 8.78 Å². The molecule has 0 aromatic heterocycles. The summed E-state index contributed by atoms with van der Waals surface area (Å²) in [4.78, 5) is 12.0. The summed E-state index contributed by atoms with van der Waals surface area (Å²) >= 11 is 3.35. The highest BCUT2D eigenvalue weighted by atomic mass is 79.9. The van der Waals surface area contributed by atoms with Crippen molar-refractivity contribution in [2.75, 3.05) is 14.2 Å². The lowest BCUT2D eigenvalue weighted by atomic mass is 10.1. The summed E-state index contributed by atoms with van der Waals surface area (Å²) in [7, 11) is 3.00. The van der Waals surface area contributed by atoms with Crippen molar-refractivity contribution in [2.45, 2.75) is 0 Å². The topological polar surface area (TPSA) is 35.5 Å². The third-order valence-electron chi connectivity index (χ3n) is 3.11. The van der Waals surface area contributed by atoms with Crippen molar-refractivity contribution >= 4 is 27.8 Å². The van der Waals surface area contributed by atoms with Crippen molar-refractivity contribution in [3.63, 3.8) is 0 Å². The summed E-state index contributed by atoms with van der Waals surface area (Å²) in [5.41, 5.74) is 0.311. The van der Waals surface area contributed by atoms with Crippen LogP contribution in [0.5, 0.6) is 11.5 Å². The fraction of sp³-hybridized carbons (Fsp3) is 0.118. The molecule has 2 rings (SSSR count). The van der Waals surface area contributed by atoms with Gasteiger partial charge < -0.3 is 9.47 Å². The fourth-order valence-electron chi connectivity index (χ4n) is 1.94. The van der Waals surface area contributed by atoms with E-state index in [0.717, 1.165) is 18.2 Å². The number of ether oxygens (including phenoxy) is 2. The molecular weight excluding hydrogens is 370 g/mol. The molecule has 120 valence electrons. The van der Waals surface area contributed by atoms with Gasteiger partial charge in [0, 0.05) is 4.47 Å². The van der Waals surface area contributed by atoms with Crippen LogP contribution in [0.15, 0.2) is 40.9 Å². The first kappa shape index (κ1) is 17.1. The normalized spacial score (nSPS) is 10.8. The zero-order valence-corrected chi connectivity index (χ0v) is 14.0. The fourth-order valence-corrected chi connectivity index (χ4v) is 2.39. The molecule has 0 unspecified atom stereocenters. The number of allylic oxidation sites excluding steroid dienone is 1. The lowest BCUT2D eigenvalue weighted by Gasteiger charge is -2.09. The number of hydrogen-bond donors (Lipinski definition) is 0. The molecular formula is C17H13BrF2O3. The van der Waals surface area contributed by atoms with Crippen LogP contribution in [-0.2, 0) is 0 Å². The lowest BCUT2D eigenvalue weighted by molar-refractivity contribution is 0.104. The van der Waals surface area contributed by atoms with Gasteiger partial charge in [-0.15, -0.1) is 0 Å². The number of methoxy groups -OCH3 is 2. The van der Waals surface area contributed by atoms with Gasteiger partial charge in [0.1, 0.15) is 11.6 Å². The van der Waals surface area contributed by atoms with Crippen LogP contribution in [-0.4, -0.2) is 20.0 Å². The van der Waals surface area contributed by atoms with Gasteiger partial charge in [-0.05, 0) is 48.0 Å². The second-order valence-corrected chi connectivity index (χ2v) is 5.40. The molecule has 0 spiro atoms. The molecule has 0 aliphatic carbocycles. The summed E-state index contributed by atoms with van der Waals surface area (Å²) < 4.78 is 37.7. The zero-order valence-electron chi connectivity index (χ0n) is 12.4. The molecule has 3 nitrogen and oxygen atoms in total. The second kappa shape index (κ2) is 7.37. The van der Waals surface area contributed by atoms with Crippen molar-refractivity contribution in [3.05, 3.63) is 63.6 Å². The molecule has 23 heavy (non-hydrogen) atoms. The maximum atomic E-state index is 13.6. The predicted molar refractivity (Wildman–Crippen MR) is 87.0 cm³/mol. The molecule has 0 bridgehead atoms. The average Bonchev–Trinajstić information content (AvgIpc) is 2.55. The maximum absolute atomic E-state index is 13.6. The molecule has 0 saturated carbocycles. The molecule has 2 aromatic rings. The Balaban J connectivity index is 2.33. The standard InChI is InChI=1S/C17H13BrF2O3/c1-22-16-7-10(13(18)9-17(16)23-2)3-6-15(21)12-8-11(19)4-5-14(12)20/h3-9H,1-2H3/b6-3+. The first-order chi connectivity index (χ1) is 11.0. The van der Waals surface area contributed by atoms with Crippen LogP contribution in [0.4, 0.5) is 8.78 Å². The Hall–Kier alpha value is -2.21. The van der Waals surface area contributed by atoms with Gasteiger partial charge in [0.05, 0.1) is 19.8 Å². The van der Waals surface area contributed by atoms with E-state index in [-0.39, 0.29) is 5.56 Å². The number of hydrogen-bond acceptors (Lipinski definition) is 3. The number of rotatable bonds is 5. The number of halogens is 3. The van der Waals surface area contributed by atoms with E-state index >= 15 is 0 Å². The molecule has 0 N–H and O–H groups in total. The van der Waals surface area contributed by atoms with E-state index in [1.54, 1.807) is 12.1 Å². The lowest BCUT2D eigenvalue weighted by Crippen LogP contribution is -1.99. The van der Waals surface area contributed by atoms with E-state index in [9.17, 15) is 13.6 Å². The average molecular weight is 383 g/mol. The number of carbonyl (C=O) groups excluding carboxylic acids is 1. The smallest absolute Gasteiger partial charge is 0.188 e. The Morgan fingerprint density at radius 1 is 1.09 bits per heavy atom. The molecule has 0 heterocycles. The summed E-state index contributed by atoms with van der Waals surface area (Å²) in [6.45, 7) is 0. The Labute approximate surface area is 140 Å². The molecule has 0 aliphatic heterocycles. The predicted octanol–water partition coefficient (Wildman–Crippen LogP) is 4.64. The zero-order chi connectivity index (χ0) is 17.0. The summed E-state index contributed by atoms with van der Waals surface area (Å²) in [5.74, 6) is -1.06. The van der Waals surface area contributed by atoms with Gasteiger partial charge in [-0.3, -0.25) is 4.79 Å². The molecule has 0 radical (unpaired) electrons. The molecule has 6 heteroatoms. The summed E-state index contributed by atoms with van der Waals surface area (Å²) in [6, 6.07) is 6.09. The van der Waals surface area contributed by atoms with Crippen LogP contribution in [0.3, 0.4) is 0 Å². The van der Waals surface area contributed by atoms with Crippen LogP contribution in [0, 0.1) is 11.6 Å². The minimum absolute atomic E-state index is 0.321. The minimum atomic E-state index is -0.771. The Morgan fingerprint density at radius 2 is 1.74 bits per heavy atom. The molecule has 0 aliphatic rings. The highest BCUT2D eigenvalue weighted by Crippen LogP contribution is 2.33. The molecule has 0 atom stereocenters. The third kappa shape index (κ3) is 3.96. The Bertz CT molecular complexity index is 773. The number of benzene rings is 2.